The summed E-state index contributed by atoms with van der Waals surface area (Å²) in [6.07, 6.45) is 1.57. The van der Waals surface area contributed by atoms with Gasteiger partial charge in [-0.1, -0.05) is 6.07 Å². The molecule has 3 nitrogen and oxygen atoms in total. The van der Waals surface area contributed by atoms with Crippen LogP contribution in [0.5, 0.6) is 0 Å². The molecule has 88 valence electrons. The Morgan fingerprint density at radius 2 is 2.06 bits per heavy atom. The Labute approximate surface area is 113 Å². The van der Waals surface area contributed by atoms with Gasteiger partial charge in [-0.3, -0.25) is 0 Å². The van der Waals surface area contributed by atoms with Crippen LogP contribution < -0.4 is 0 Å². The SMILES string of the molecule is CC(C)OC(=O)c1cc2cc(I)ccc2cn1. The second kappa shape index (κ2) is 5.00. The molecule has 0 atom stereocenters. The standard InChI is InChI=1S/C13H12INO2/c1-8(2)17-13(16)12-6-10-5-11(14)4-3-9(10)7-15-12/h3-8H,1-2H3. The van der Waals surface area contributed by atoms with E-state index in [0.717, 1.165) is 14.3 Å². The van der Waals surface area contributed by atoms with Gasteiger partial charge in [-0.05, 0) is 60.0 Å². The number of nitrogens with zero attached hydrogens (tertiary/aromatic N) is 1. The maximum atomic E-state index is 11.7. The number of halogens is 1. The van der Waals surface area contributed by atoms with Crippen LogP contribution >= 0.6 is 22.6 Å². The molecule has 17 heavy (non-hydrogen) atoms. The number of pyridine rings is 1. The highest BCUT2D eigenvalue weighted by Crippen LogP contribution is 2.18. The monoisotopic (exact) mass is 341 g/mol. The van der Waals surface area contributed by atoms with Gasteiger partial charge in [0.15, 0.2) is 0 Å². The number of hydrogen-bond donors (Lipinski definition) is 0. The Balaban J connectivity index is 2.40. The van der Waals surface area contributed by atoms with Crippen molar-refractivity contribution in [3.05, 3.63) is 39.7 Å². The zero-order valence-electron chi connectivity index (χ0n) is 9.61. The van der Waals surface area contributed by atoms with Crippen molar-refractivity contribution >= 4 is 39.3 Å². The summed E-state index contributed by atoms with van der Waals surface area (Å²) >= 11 is 2.24. The highest BCUT2D eigenvalue weighted by molar-refractivity contribution is 14.1. The molecule has 0 spiro atoms. The molecule has 1 aromatic heterocycles. The third-order valence-electron chi connectivity index (χ3n) is 2.24. The van der Waals surface area contributed by atoms with Crippen molar-refractivity contribution in [1.82, 2.24) is 4.98 Å². The van der Waals surface area contributed by atoms with Gasteiger partial charge in [0.05, 0.1) is 6.10 Å². The molecule has 0 N–H and O–H groups in total. The first-order valence-corrected chi connectivity index (χ1v) is 6.40. The van der Waals surface area contributed by atoms with Crippen LogP contribution in [0.4, 0.5) is 0 Å². The zero-order chi connectivity index (χ0) is 12.4. The van der Waals surface area contributed by atoms with Gasteiger partial charge < -0.3 is 4.74 Å². The summed E-state index contributed by atoms with van der Waals surface area (Å²) in [5, 5.41) is 2.02. The van der Waals surface area contributed by atoms with Gasteiger partial charge >= 0.3 is 5.97 Å². The van der Waals surface area contributed by atoms with Gasteiger partial charge in [-0.15, -0.1) is 0 Å². The predicted octanol–water partition coefficient (Wildman–Crippen LogP) is 3.40. The lowest BCUT2D eigenvalue weighted by Crippen LogP contribution is -2.12. The summed E-state index contributed by atoms with van der Waals surface area (Å²) in [6, 6.07) is 7.78. The number of rotatable bonds is 2. The third kappa shape index (κ3) is 2.94. The molecule has 0 aliphatic rings. The number of fused-ring (bicyclic) bond motifs is 1. The molecular weight excluding hydrogens is 329 g/mol. The Kier molecular flexibility index (Phi) is 3.61. The lowest BCUT2D eigenvalue weighted by atomic mass is 10.1. The van der Waals surface area contributed by atoms with Crippen molar-refractivity contribution in [1.29, 1.82) is 0 Å². The second-order valence-electron chi connectivity index (χ2n) is 4.02. The van der Waals surface area contributed by atoms with Crippen molar-refractivity contribution in [2.24, 2.45) is 0 Å². The zero-order valence-corrected chi connectivity index (χ0v) is 11.8. The minimum Gasteiger partial charge on any atom is -0.458 e. The highest BCUT2D eigenvalue weighted by atomic mass is 127. The minimum absolute atomic E-state index is 0.129. The van der Waals surface area contributed by atoms with Crippen LogP contribution in [-0.2, 0) is 4.74 Å². The molecule has 0 saturated carbocycles. The fraction of sp³-hybridized carbons (Fsp3) is 0.231. The number of carbonyl (C=O) groups is 1. The maximum Gasteiger partial charge on any atom is 0.357 e. The summed E-state index contributed by atoms with van der Waals surface area (Å²) in [6.45, 7) is 3.64. The fourth-order valence-electron chi connectivity index (χ4n) is 1.50. The van der Waals surface area contributed by atoms with E-state index in [-0.39, 0.29) is 12.1 Å². The van der Waals surface area contributed by atoms with E-state index in [4.69, 9.17) is 4.74 Å². The molecule has 4 heteroatoms. The number of esters is 1. The van der Waals surface area contributed by atoms with Crippen LogP contribution in [0.15, 0.2) is 30.5 Å². The van der Waals surface area contributed by atoms with E-state index in [0.29, 0.717) is 5.69 Å². The van der Waals surface area contributed by atoms with Gasteiger partial charge in [0.25, 0.3) is 0 Å². The van der Waals surface area contributed by atoms with Gasteiger partial charge in [-0.25, -0.2) is 9.78 Å². The first kappa shape index (κ1) is 12.3. The highest BCUT2D eigenvalue weighted by Gasteiger charge is 2.11. The summed E-state index contributed by atoms with van der Waals surface area (Å²) in [7, 11) is 0. The van der Waals surface area contributed by atoms with Crippen LogP contribution in [0.3, 0.4) is 0 Å². The lowest BCUT2D eigenvalue weighted by Gasteiger charge is -2.07. The number of benzene rings is 1. The van der Waals surface area contributed by atoms with E-state index < -0.39 is 0 Å². The summed E-state index contributed by atoms with van der Waals surface area (Å²) in [5.74, 6) is -0.374. The number of aromatic nitrogens is 1. The number of ether oxygens (including phenoxy) is 1. The molecule has 0 radical (unpaired) electrons. The molecule has 0 unspecified atom stereocenters. The molecular formula is C13H12INO2. The molecule has 1 heterocycles. The molecule has 0 aliphatic heterocycles. The van der Waals surface area contributed by atoms with E-state index in [1.54, 1.807) is 12.3 Å². The van der Waals surface area contributed by atoms with E-state index in [9.17, 15) is 4.79 Å². The van der Waals surface area contributed by atoms with Gasteiger partial charge in [-0.2, -0.15) is 0 Å². The van der Waals surface area contributed by atoms with Crippen LogP contribution in [0.2, 0.25) is 0 Å². The van der Waals surface area contributed by atoms with Crippen molar-refractivity contribution in [2.45, 2.75) is 20.0 Å². The van der Waals surface area contributed by atoms with Crippen LogP contribution in [0.25, 0.3) is 10.8 Å². The Morgan fingerprint density at radius 3 is 2.76 bits per heavy atom. The third-order valence-corrected chi connectivity index (χ3v) is 2.91. The van der Waals surface area contributed by atoms with Crippen molar-refractivity contribution in [2.75, 3.05) is 0 Å². The molecule has 0 bridgehead atoms. The van der Waals surface area contributed by atoms with E-state index in [2.05, 4.69) is 27.6 Å². The summed E-state index contributed by atoms with van der Waals surface area (Å²) < 4.78 is 6.24. The number of carbonyl (C=O) groups excluding carboxylic acids is 1. The van der Waals surface area contributed by atoms with Crippen LogP contribution in [0, 0.1) is 3.57 Å². The largest absolute Gasteiger partial charge is 0.458 e. The second-order valence-corrected chi connectivity index (χ2v) is 5.26. The van der Waals surface area contributed by atoms with E-state index in [1.807, 2.05) is 32.0 Å². The Hall–Kier alpha value is -1.17. The average Bonchev–Trinajstić information content (AvgIpc) is 2.27. The summed E-state index contributed by atoms with van der Waals surface area (Å²) in [5.41, 5.74) is 0.355. The predicted molar refractivity (Wildman–Crippen MR) is 75.0 cm³/mol. The first-order chi connectivity index (χ1) is 8.06. The van der Waals surface area contributed by atoms with Crippen molar-refractivity contribution in [3.8, 4) is 0 Å². The molecule has 0 amide bonds. The van der Waals surface area contributed by atoms with E-state index >= 15 is 0 Å². The van der Waals surface area contributed by atoms with Gasteiger partial charge in [0.1, 0.15) is 5.69 Å². The Morgan fingerprint density at radius 1 is 1.29 bits per heavy atom. The van der Waals surface area contributed by atoms with Crippen molar-refractivity contribution in [3.63, 3.8) is 0 Å². The maximum absolute atomic E-state index is 11.7. The smallest absolute Gasteiger partial charge is 0.357 e. The summed E-state index contributed by atoms with van der Waals surface area (Å²) in [4.78, 5) is 15.8. The van der Waals surface area contributed by atoms with Gasteiger partial charge in [0.2, 0.25) is 0 Å². The quantitative estimate of drug-likeness (QED) is 0.621. The molecule has 2 aromatic rings. The van der Waals surface area contributed by atoms with Crippen LogP contribution in [-0.4, -0.2) is 17.1 Å². The lowest BCUT2D eigenvalue weighted by molar-refractivity contribution is 0.0371. The molecule has 2 rings (SSSR count). The first-order valence-electron chi connectivity index (χ1n) is 5.32. The molecule has 0 aliphatic carbocycles. The fourth-order valence-corrected chi connectivity index (χ4v) is 2.01. The van der Waals surface area contributed by atoms with Crippen LogP contribution in [0.1, 0.15) is 24.3 Å². The topological polar surface area (TPSA) is 39.2 Å². The average molecular weight is 341 g/mol. The molecule has 0 saturated heterocycles. The van der Waals surface area contributed by atoms with E-state index in [1.165, 1.54) is 0 Å². The minimum atomic E-state index is -0.374. The number of hydrogen-bond acceptors (Lipinski definition) is 3. The van der Waals surface area contributed by atoms with Gasteiger partial charge in [0, 0.05) is 15.2 Å². The Bertz CT molecular complexity index is 566. The van der Waals surface area contributed by atoms with Crippen molar-refractivity contribution < 1.29 is 9.53 Å². The molecule has 1 aromatic carbocycles. The normalized spacial score (nSPS) is 10.8. The molecule has 0 fully saturated rings.